The fourth-order valence-corrected chi connectivity index (χ4v) is 1.16. The SMILES string of the molecule is N[C@@H]1CCC(=O)OOC(=O)CC[C@H](N)C(=O)OOC1=O. The molecule has 0 aromatic heterocycles. The topological polar surface area (TPSA) is 157 Å². The Morgan fingerprint density at radius 2 is 1.05 bits per heavy atom. The van der Waals surface area contributed by atoms with Gasteiger partial charge < -0.3 is 11.5 Å². The van der Waals surface area contributed by atoms with E-state index < -0.39 is 36.0 Å². The van der Waals surface area contributed by atoms with Crippen molar-refractivity contribution in [1.29, 1.82) is 0 Å². The molecule has 0 bridgehead atoms. The molecule has 0 amide bonds. The Labute approximate surface area is 113 Å². The van der Waals surface area contributed by atoms with Crippen molar-refractivity contribution in [2.24, 2.45) is 11.5 Å². The zero-order chi connectivity index (χ0) is 15.1. The number of hydrogen-bond donors (Lipinski definition) is 2. The predicted octanol–water partition coefficient (Wildman–Crippen LogP) is -1.78. The summed E-state index contributed by atoms with van der Waals surface area (Å²) in [7, 11) is 0. The molecular formula is C10H14N2O8. The molecule has 112 valence electrons. The Hall–Kier alpha value is -2.20. The molecule has 1 heterocycles. The van der Waals surface area contributed by atoms with Gasteiger partial charge in [-0.1, -0.05) is 0 Å². The fourth-order valence-electron chi connectivity index (χ4n) is 1.16. The summed E-state index contributed by atoms with van der Waals surface area (Å²) in [4.78, 5) is 61.6. The zero-order valence-electron chi connectivity index (χ0n) is 10.4. The number of rotatable bonds is 0. The Kier molecular flexibility index (Phi) is 5.87. The molecule has 4 N–H and O–H groups in total. The summed E-state index contributed by atoms with van der Waals surface area (Å²) in [6, 6.07) is -2.41. The Bertz CT molecular complexity index is 372. The average molecular weight is 290 g/mol. The van der Waals surface area contributed by atoms with E-state index in [1.54, 1.807) is 0 Å². The molecule has 0 unspecified atom stereocenters. The van der Waals surface area contributed by atoms with Gasteiger partial charge in [-0.25, -0.2) is 38.7 Å². The molecule has 20 heavy (non-hydrogen) atoms. The van der Waals surface area contributed by atoms with Crippen molar-refractivity contribution in [3.8, 4) is 0 Å². The minimum Gasteiger partial charge on any atom is -0.318 e. The summed E-state index contributed by atoms with van der Waals surface area (Å²) < 4.78 is 0. The summed E-state index contributed by atoms with van der Waals surface area (Å²) in [5, 5.41) is 0. The molecule has 0 aromatic carbocycles. The van der Waals surface area contributed by atoms with Gasteiger partial charge in [0.25, 0.3) is 0 Å². The summed E-state index contributed by atoms with van der Waals surface area (Å²) in [5.41, 5.74) is 10.8. The van der Waals surface area contributed by atoms with E-state index in [0.29, 0.717) is 0 Å². The zero-order valence-corrected chi connectivity index (χ0v) is 10.4. The van der Waals surface area contributed by atoms with Crippen LogP contribution in [0.1, 0.15) is 25.7 Å². The van der Waals surface area contributed by atoms with Gasteiger partial charge in [-0.05, 0) is 12.8 Å². The molecule has 1 fully saturated rings. The summed E-state index contributed by atoms with van der Waals surface area (Å²) >= 11 is 0. The molecule has 1 aliphatic heterocycles. The maximum Gasteiger partial charge on any atom is 0.372 e. The molecule has 1 rings (SSSR count). The van der Waals surface area contributed by atoms with Crippen molar-refractivity contribution in [2.75, 3.05) is 0 Å². The van der Waals surface area contributed by atoms with Gasteiger partial charge in [-0.2, -0.15) is 0 Å². The summed E-state index contributed by atoms with van der Waals surface area (Å²) in [6.07, 6.45) is -0.842. The van der Waals surface area contributed by atoms with Gasteiger partial charge in [-0.15, -0.1) is 0 Å². The third kappa shape index (κ3) is 5.20. The second-order valence-corrected chi connectivity index (χ2v) is 4.01. The lowest BCUT2D eigenvalue weighted by atomic mass is 10.2. The number of hydrogen-bond acceptors (Lipinski definition) is 10. The van der Waals surface area contributed by atoms with Crippen molar-refractivity contribution >= 4 is 23.9 Å². The average Bonchev–Trinajstić information content (AvgIpc) is 2.43. The minimum absolute atomic E-state index is 0.140. The first-order valence-electron chi connectivity index (χ1n) is 5.73. The third-order valence-corrected chi connectivity index (χ3v) is 2.36. The van der Waals surface area contributed by atoms with Gasteiger partial charge in [0.1, 0.15) is 12.1 Å². The van der Waals surface area contributed by atoms with Gasteiger partial charge in [0.2, 0.25) is 0 Å². The number of carbonyl (C=O) groups is 4. The summed E-state index contributed by atoms with van der Waals surface area (Å²) in [5.74, 6) is -3.82. The molecule has 1 aliphatic rings. The maximum atomic E-state index is 11.3. The molecule has 0 radical (unpaired) electrons. The second kappa shape index (κ2) is 7.40. The fraction of sp³-hybridized carbons (Fsp3) is 0.600. The molecule has 0 spiro atoms. The van der Waals surface area contributed by atoms with Crippen LogP contribution in [0.3, 0.4) is 0 Å². The van der Waals surface area contributed by atoms with Crippen LogP contribution in [0, 0.1) is 0 Å². The maximum absolute atomic E-state index is 11.3. The van der Waals surface area contributed by atoms with E-state index >= 15 is 0 Å². The van der Waals surface area contributed by atoms with Crippen LogP contribution in [0.25, 0.3) is 0 Å². The van der Waals surface area contributed by atoms with E-state index in [9.17, 15) is 19.2 Å². The van der Waals surface area contributed by atoms with Gasteiger partial charge in [0.05, 0.1) is 12.8 Å². The van der Waals surface area contributed by atoms with Gasteiger partial charge in [0, 0.05) is 0 Å². The highest BCUT2D eigenvalue weighted by molar-refractivity contribution is 5.80. The van der Waals surface area contributed by atoms with E-state index in [1.165, 1.54) is 0 Å². The third-order valence-electron chi connectivity index (χ3n) is 2.36. The van der Waals surface area contributed by atoms with E-state index in [-0.39, 0.29) is 25.7 Å². The Morgan fingerprint density at radius 1 is 0.700 bits per heavy atom. The highest BCUT2D eigenvalue weighted by atomic mass is 17.2. The second-order valence-electron chi connectivity index (χ2n) is 4.01. The van der Waals surface area contributed by atoms with Crippen LogP contribution < -0.4 is 11.5 Å². The van der Waals surface area contributed by atoms with E-state index in [1.807, 2.05) is 0 Å². The largest absolute Gasteiger partial charge is 0.372 e. The Morgan fingerprint density at radius 3 is 1.40 bits per heavy atom. The molecule has 0 saturated carbocycles. The lowest BCUT2D eigenvalue weighted by Gasteiger charge is -2.12. The van der Waals surface area contributed by atoms with Crippen LogP contribution in [0.5, 0.6) is 0 Å². The standard InChI is InChI=1S/C10H14N2O8/c11-5-1-3-7(13)17-18-8(14)4-2-6(12)10(16)20-19-9(5)15/h5-6H,1-4,11-12H2/t5-,6+. The Balaban J connectivity index is 2.65. The number of nitrogens with two attached hydrogens (primary N) is 2. The first kappa shape index (κ1) is 15.9. The lowest BCUT2D eigenvalue weighted by Crippen LogP contribution is -2.37. The molecule has 2 atom stereocenters. The van der Waals surface area contributed by atoms with Crippen molar-refractivity contribution < 1.29 is 38.7 Å². The summed E-state index contributed by atoms with van der Waals surface area (Å²) in [6.45, 7) is 0. The van der Waals surface area contributed by atoms with Crippen molar-refractivity contribution in [1.82, 2.24) is 0 Å². The van der Waals surface area contributed by atoms with E-state index in [2.05, 4.69) is 19.6 Å². The van der Waals surface area contributed by atoms with E-state index in [4.69, 9.17) is 11.5 Å². The predicted molar refractivity (Wildman–Crippen MR) is 58.8 cm³/mol. The normalized spacial score (nSPS) is 26.7. The lowest BCUT2D eigenvalue weighted by molar-refractivity contribution is -0.264. The van der Waals surface area contributed by atoms with Crippen LogP contribution in [0.4, 0.5) is 0 Å². The smallest absolute Gasteiger partial charge is 0.318 e. The van der Waals surface area contributed by atoms with Crippen LogP contribution in [0.2, 0.25) is 0 Å². The first-order valence-corrected chi connectivity index (χ1v) is 5.73. The molecule has 0 aliphatic carbocycles. The minimum atomic E-state index is -1.20. The van der Waals surface area contributed by atoms with Gasteiger partial charge in [-0.3, -0.25) is 0 Å². The molecule has 10 heteroatoms. The van der Waals surface area contributed by atoms with Crippen LogP contribution in [-0.2, 0) is 38.7 Å². The van der Waals surface area contributed by atoms with Gasteiger partial charge >= 0.3 is 23.9 Å². The van der Waals surface area contributed by atoms with Gasteiger partial charge in [0.15, 0.2) is 0 Å². The van der Waals surface area contributed by atoms with Crippen LogP contribution in [0.15, 0.2) is 0 Å². The van der Waals surface area contributed by atoms with Crippen molar-refractivity contribution in [3.63, 3.8) is 0 Å². The molecule has 1 saturated heterocycles. The van der Waals surface area contributed by atoms with Crippen LogP contribution >= 0.6 is 0 Å². The molecule has 10 nitrogen and oxygen atoms in total. The highest BCUT2D eigenvalue weighted by Gasteiger charge is 2.25. The highest BCUT2D eigenvalue weighted by Crippen LogP contribution is 2.05. The van der Waals surface area contributed by atoms with E-state index in [0.717, 1.165) is 0 Å². The first-order chi connectivity index (χ1) is 9.40. The quantitative estimate of drug-likeness (QED) is 0.488. The molecular weight excluding hydrogens is 276 g/mol. The van der Waals surface area contributed by atoms with Crippen LogP contribution in [-0.4, -0.2) is 36.0 Å². The monoisotopic (exact) mass is 290 g/mol. The van der Waals surface area contributed by atoms with Crippen molar-refractivity contribution in [3.05, 3.63) is 0 Å². The number of carbonyl (C=O) groups excluding carboxylic acids is 4. The molecule has 0 aromatic rings. The van der Waals surface area contributed by atoms with Crippen molar-refractivity contribution in [2.45, 2.75) is 37.8 Å².